The highest BCUT2D eigenvalue weighted by molar-refractivity contribution is 6.01. The summed E-state index contributed by atoms with van der Waals surface area (Å²) < 4.78 is 5.09. The lowest BCUT2D eigenvalue weighted by molar-refractivity contribution is -0.147. The zero-order valence-corrected chi connectivity index (χ0v) is 14.5. The van der Waals surface area contributed by atoms with Gasteiger partial charge in [0.2, 0.25) is 5.91 Å². The third-order valence-corrected chi connectivity index (χ3v) is 5.04. The van der Waals surface area contributed by atoms with Crippen molar-refractivity contribution in [1.29, 1.82) is 0 Å². The molecule has 3 rings (SSSR count). The van der Waals surface area contributed by atoms with Gasteiger partial charge in [-0.15, -0.1) is 0 Å². The van der Waals surface area contributed by atoms with Crippen LogP contribution < -0.4 is 9.80 Å². The van der Waals surface area contributed by atoms with Gasteiger partial charge in [-0.05, 0) is 37.8 Å². The summed E-state index contributed by atoms with van der Waals surface area (Å²) in [6.45, 7) is 6.88. The normalized spacial score (nSPS) is 22.1. The Morgan fingerprint density at radius 3 is 2.54 bits per heavy atom. The molecule has 2 heterocycles. The predicted molar refractivity (Wildman–Crippen MR) is 94.1 cm³/mol. The third-order valence-electron chi connectivity index (χ3n) is 5.04. The molecule has 0 unspecified atom stereocenters. The summed E-state index contributed by atoms with van der Waals surface area (Å²) >= 11 is 0. The van der Waals surface area contributed by atoms with Crippen molar-refractivity contribution in [3.63, 3.8) is 0 Å². The second kappa shape index (κ2) is 7.24. The molecule has 0 saturated carbocycles. The first-order valence-electron chi connectivity index (χ1n) is 8.91. The Morgan fingerprint density at radius 1 is 1.21 bits per heavy atom. The molecule has 0 bridgehead atoms. The quantitative estimate of drug-likeness (QED) is 0.797. The van der Waals surface area contributed by atoms with E-state index in [2.05, 4.69) is 17.9 Å². The summed E-state index contributed by atoms with van der Waals surface area (Å²) in [7, 11) is 0. The highest BCUT2D eigenvalue weighted by Gasteiger charge is 2.37. The SMILES string of the molecule is CCOC(=O)[C@H]1CC(=O)N(c2ccccc2N2CCC(C)CC2)C1. The molecule has 1 aromatic rings. The van der Waals surface area contributed by atoms with Gasteiger partial charge in [-0.3, -0.25) is 9.59 Å². The zero-order valence-electron chi connectivity index (χ0n) is 14.5. The molecule has 5 nitrogen and oxygen atoms in total. The number of carbonyl (C=O) groups is 2. The topological polar surface area (TPSA) is 49.9 Å². The van der Waals surface area contributed by atoms with Crippen molar-refractivity contribution < 1.29 is 14.3 Å². The Morgan fingerprint density at radius 2 is 1.88 bits per heavy atom. The largest absolute Gasteiger partial charge is 0.466 e. The Hall–Kier alpha value is -2.04. The third kappa shape index (κ3) is 3.40. The van der Waals surface area contributed by atoms with E-state index in [4.69, 9.17) is 4.74 Å². The molecule has 0 aromatic heterocycles. The fourth-order valence-corrected chi connectivity index (χ4v) is 3.57. The molecule has 130 valence electrons. The van der Waals surface area contributed by atoms with E-state index >= 15 is 0 Å². The summed E-state index contributed by atoms with van der Waals surface area (Å²) in [5, 5.41) is 0. The first-order chi connectivity index (χ1) is 11.6. The number of ether oxygens (including phenoxy) is 1. The second-order valence-electron chi connectivity index (χ2n) is 6.82. The van der Waals surface area contributed by atoms with Crippen molar-refractivity contribution in [2.75, 3.05) is 36.0 Å². The van der Waals surface area contributed by atoms with Crippen LogP contribution in [0.3, 0.4) is 0 Å². The molecule has 1 aromatic carbocycles. The molecular weight excluding hydrogens is 304 g/mol. The molecular formula is C19H26N2O3. The summed E-state index contributed by atoms with van der Waals surface area (Å²) in [6, 6.07) is 8.03. The maximum Gasteiger partial charge on any atom is 0.311 e. The van der Waals surface area contributed by atoms with Crippen LogP contribution in [0.4, 0.5) is 11.4 Å². The number of anilines is 2. The van der Waals surface area contributed by atoms with Gasteiger partial charge < -0.3 is 14.5 Å². The molecule has 2 aliphatic heterocycles. The van der Waals surface area contributed by atoms with Gasteiger partial charge >= 0.3 is 5.97 Å². The number of nitrogens with zero attached hydrogens (tertiary/aromatic N) is 2. The minimum absolute atomic E-state index is 0.00544. The van der Waals surface area contributed by atoms with Gasteiger partial charge in [-0.2, -0.15) is 0 Å². The van der Waals surface area contributed by atoms with Crippen molar-refractivity contribution in [2.45, 2.75) is 33.1 Å². The van der Waals surface area contributed by atoms with Gasteiger partial charge in [0.25, 0.3) is 0 Å². The minimum atomic E-state index is -0.355. The number of benzene rings is 1. The van der Waals surface area contributed by atoms with Gasteiger partial charge in [0.15, 0.2) is 0 Å². The lowest BCUT2D eigenvalue weighted by atomic mass is 9.98. The highest BCUT2D eigenvalue weighted by Crippen LogP contribution is 2.35. The molecule has 2 aliphatic rings. The fourth-order valence-electron chi connectivity index (χ4n) is 3.57. The van der Waals surface area contributed by atoms with Crippen molar-refractivity contribution in [2.24, 2.45) is 11.8 Å². The first-order valence-corrected chi connectivity index (χ1v) is 8.91. The van der Waals surface area contributed by atoms with Crippen LogP contribution in [0, 0.1) is 11.8 Å². The van der Waals surface area contributed by atoms with Crippen molar-refractivity contribution >= 4 is 23.3 Å². The van der Waals surface area contributed by atoms with Gasteiger partial charge in [-0.1, -0.05) is 19.1 Å². The molecule has 0 radical (unpaired) electrons. The number of rotatable bonds is 4. The van der Waals surface area contributed by atoms with E-state index < -0.39 is 0 Å². The molecule has 2 fully saturated rings. The van der Waals surface area contributed by atoms with Crippen molar-refractivity contribution in [1.82, 2.24) is 0 Å². The van der Waals surface area contributed by atoms with E-state index in [0.29, 0.717) is 13.2 Å². The molecule has 0 aliphatic carbocycles. The predicted octanol–water partition coefficient (Wildman–Crippen LogP) is 2.84. The Bertz CT molecular complexity index is 608. The molecule has 0 N–H and O–H groups in total. The molecule has 1 atom stereocenters. The summed E-state index contributed by atoms with van der Waals surface area (Å²) in [5.41, 5.74) is 2.02. The van der Waals surface area contributed by atoms with Gasteiger partial charge in [0, 0.05) is 26.1 Å². The minimum Gasteiger partial charge on any atom is -0.466 e. The highest BCUT2D eigenvalue weighted by atomic mass is 16.5. The molecule has 0 spiro atoms. The lowest BCUT2D eigenvalue weighted by Crippen LogP contribution is -2.35. The van der Waals surface area contributed by atoms with Gasteiger partial charge in [-0.25, -0.2) is 0 Å². The van der Waals surface area contributed by atoms with Crippen LogP contribution in [0.25, 0.3) is 0 Å². The van der Waals surface area contributed by atoms with Crippen LogP contribution in [0.15, 0.2) is 24.3 Å². The summed E-state index contributed by atoms with van der Waals surface area (Å²) in [4.78, 5) is 28.6. The van der Waals surface area contributed by atoms with E-state index in [1.165, 1.54) is 12.8 Å². The first kappa shape index (κ1) is 16.8. The van der Waals surface area contributed by atoms with E-state index in [0.717, 1.165) is 30.4 Å². The maximum atomic E-state index is 12.5. The van der Waals surface area contributed by atoms with Crippen molar-refractivity contribution in [3.05, 3.63) is 24.3 Å². The Labute approximate surface area is 143 Å². The number of esters is 1. The smallest absolute Gasteiger partial charge is 0.311 e. The maximum absolute atomic E-state index is 12.5. The molecule has 2 saturated heterocycles. The molecule has 24 heavy (non-hydrogen) atoms. The zero-order chi connectivity index (χ0) is 17.1. The van der Waals surface area contributed by atoms with Crippen molar-refractivity contribution in [3.8, 4) is 0 Å². The fraction of sp³-hybridized carbons (Fsp3) is 0.579. The average molecular weight is 330 g/mol. The summed E-state index contributed by atoms with van der Waals surface area (Å²) in [6.07, 6.45) is 2.59. The van der Waals surface area contributed by atoms with E-state index in [-0.39, 0.29) is 24.2 Å². The van der Waals surface area contributed by atoms with E-state index in [1.807, 2.05) is 18.2 Å². The van der Waals surface area contributed by atoms with Crippen LogP contribution in [0.1, 0.15) is 33.1 Å². The van der Waals surface area contributed by atoms with Crippen LogP contribution in [0.2, 0.25) is 0 Å². The average Bonchev–Trinajstić information content (AvgIpc) is 2.98. The molecule has 1 amide bonds. The van der Waals surface area contributed by atoms with E-state index in [1.54, 1.807) is 11.8 Å². The molecule has 5 heteroatoms. The summed E-state index contributed by atoms with van der Waals surface area (Å²) in [5.74, 6) is 0.144. The number of piperidine rings is 1. The van der Waals surface area contributed by atoms with Crippen LogP contribution >= 0.6 is 0 Å². The lowest BCUT2D eigenvalue weighted by Gasteiger charge is -2.34. The number of carbonyl (C=O) groups excluding carboxylic acids is 2. The number of hydrogen-bond donors (Lipinski definition) is 0. The Balaban J connectivity index is 1.80. The van der Waals surface area contributed by atoms with Crippen LogP contribution in [-0.4, -0.2) is 38.1 Å². The van der Waals surface area contributed by atoms with Crippen LogP contribution in [-0.2, 0) is 14.3 Å². The second-order valence-corrected chi connectivity index (χ2v) is 6.82. The van der Waals surface area contributed by atoms with Gasteiger partial charge in [0.05, 0.1) is 23.9 Å². The van der Waals surface area contributed by atoms with Crippen LogP contribution in [0.5, 0.6) is 0 Å². The van der Waals surface area contributed by atoms with E-state index in [9.17, 15) is 9.59 Å². The number of para-hydroxylation sites is 2. The number of hydrogen-bond acceptors (Lipinski definition) is 4. The standard InChI is InChI=1S/C19H26N2O3/c1-3-24-19(23)15-12-18(22)21(13-15)17-7-5-4-6-16(17)20-10-8-14(2)9-11-20/h4-7,14-15H,3,8-13H2,1-2H3/t15-/m0/s1. The monoisotopic (exact) mass is 330 g/mol. The number of amides is 1. The Kier molecular flexibility index (Phi) is 5.07. The van der Waals surface area contributed by atoms with Gasteiger partial charge in [0.1, 0.15) is 0 Å².